The molecule has 0 radical (unpaired) electrons. The van der Waals surface area contributed by atoms with Gasteiger partial charge in [-0.2, -0.15) is 0 Å². The summed E-state index contributed by atoms with van der Waals surface area (Å²) in [4.78, 5) is 0. The Kier molecular flexibility index (Phi) is 3.47. The fraction of sp³-hybridized carbons (Fsp3) is 0.250. The molecule has 2 aromatic carbocycles. The van der Waals surface area contributed by atoms with E-state index in [0.717, 1.165) is 5.56 Å². The van der Waals surface area contributed by atoms with Crippen LogP contribution in [0.25, 0.3) is 0 Å². The van der Waals surface area contributed by atoms with E-state index in [9.17, 15) is 4.39 Å². The molecule has 98 valence electrons. The molecule has 0 atom stereocenters. The van der Waals surface area contributed by atoms with Crippen molar-refractivity contribution < 1.29 is 9.13 Å². The quantitative estimate of drug-likeness (QED) is 0.878. The summed E-state index contributed by atoms with van der Waals surface area (Å²) in [6.07, 6.45) is 2.47. The standard InChI is InChI=1S/C16H16FNO/c17-15-10-12(11-18-13-7-8-13)6-9-16(15)19-14-4-2-1-3-5-14/h1-6,9-10,13,18H,7-8,11H2. The molecule has 3 heteroatoms. The smallest absolute Gasteiger partial charge is 0.166 e. The molecule has 2 nitrogen and oxygen atoms in total. The van der Waals surface area contributed by atoms with Crippen LogP contribution in [0, 0.1) is 5.82 Å². The molecule has 0 saturated heterocycles. The lowest BCUT2D eigenvalue weighted by molar-refractivity contribution is 0.441. The minimum absolute atomic E-state index is 0.265. The molecule has 0 heterocycles. The molecule has 3 rings (SSSR count). The Morgan fingerprint density at radius 2 is 1.89 bits per heavy atom. The van der Waals surface area contributed by atoms with E-state index >= 15 is 0 Å². The van der Waals surface area contributed by atoms with Gasteiger partial charge in [-0.15, -0.1) is 0 Å². The average molecular weight is 257 g/mol. The number of benzene rings is 2. The molecule has 1 aliphatic rings. The Hall–Kier alpha value is -1.87. The molecule has 1 N–H and O–H groups in total. The second-order valence-corrected chi connectivity index (χ2v) is 4.84. The van der Waals surface area contributed by atoms with Gasteiger partial charge in [-0.3, -0.25) is 0 Å². The fourth-order valence-electron chi connectivity index (χ4n) is 1.90. The second-order valence-electron chi connectivity index (χ2n) is 4.84. The Morgan fingerprint density at radius 1 is 1.11 bits per heavy atom. The third-order valence-electron chi connectivity index (χ3n) is 3.14. The van der Waals surface area contributed by atoms with E-state index in [1.807, 2.05) is 36.4 Å². The first-order chi connectivity index (χ1) is 9.31. The fourth-order valence-corrected chi connectivity index (χ4v) is 1.90. The van der Waals surface area contributed by atoms with E-state index in [-0.39, 0.29) is 11.6 Å². The van der Waals surface area contributed by atoms with Crippen LogP contribution < -0.4 is 10.1 Å². The summed E-state index contributed by atoms with van der Waals surface area (Å²) in [7, 11) is 0. The first-order valence-corrected chi connectivity index (χ1v) is 6.56. The highest BCUT2D eigenvalue weighted by atomic mass is 19.1. The molecular formula is C16H16FNO. The molecule has 1 aliphatic carbocycles. The zero-order valence-electron chi connectivity index (χ0n) is 10.6. The number of hydrogen-bond donors (Lipinski definition) is 1. The molecule has 0 bridgehead atoms. The lowest BCUT2D eigenvalue weighted by Gasteiger charge is -2.08. The van der Waals surface area contributed by atoms with Gasteiger partial charge in [-0.1, -0.05) is 24.3 Å². The molecule has 1 fully saturated rings. The van der Waals surface area contributed by atoms with Gasteiger partial charge in [0.15, 0.2) is 11.6 Å². The Bertz CT molecular complexity index is 552. The predicted molar refractivity (Wildman–Crippen MR) is 72.8 cm³/mol. The largest absolute Gasteiger partial charge is 0.454 e. The Labute approximate surface area is 112 Å². The van der Waals surface area contributed by atoms with E-state index in [2.05, 4.69) is 5.32 Å². The third kappa shape index (κ3) is 3.32. The number of hydrogen-bond acceptors (Lipinski definition) is 2. The summed E-state index contributed by atoms with van der Waals surface area (Å²) in [5, 5.41) is 3.36. The van der Waals surface area contributed by atoms with Gasteiger partial charge in [0.25, 0.3) is 0 Å². The number of nitrogens with one attached hydrogen (secondary N) is 1. The monoisotopic (exact) mass is 257 g/mol. The van der Waals surface area contributed by atoms with Gasteiger partial charge >= 0.3 is 0 Å². The maximum atomic E-state index is 13.9. The van der Waals surface area contributed by atoms with Crippen molar-refractivity contribution in [2.75, 3.05) is 0 Å². The van der Waals surface area contributed by atoms with E-state index in [1.54, 1.807) is 6.07 Å². The molecule has 0 unspecified atom stereocenters. The van der Waals surface area contributed by atoms with Crippen LogP contribution in [0.15, 0.2) is 48.5 Å². The molecule has 0 aliphatic heterocycles. The minimum Gasteiger partial charge on any atom is -0.454 e. The van der Waals surface area contributed by atoms with Gasteiger partial charge in [-0.05, 0) is 42.7 Å². The normalized spacial score (nSPS) is 14.4. The van der Waals surface area contributed by atoms with Crippen LogP contribution in [0.2, 0.25) is 0 Å². The van der Waals surface area contributed by atoms with Crippen molar-refractivity contribution in [2.45, 2.75) is 25.4 Å². The van der Waals surface area contributed by atoms with E-state index in [4.69, 9.17) is 4.74 Å². The highest BCUT2D eigenvalue weighted by Gasteiger charge is 2.20. The average Bonchev–Trinajstić information content (AvgIpc) is 3.25. The zero-order chi connectivity index (χ0) is 13.1. The van der Waals surface area contributed by atoms with Crippen molar-refractivity contribution in [2.24, 2.45) is 0 Å². The molecule has 0 spiro atoms. The van der Waals surface area contributed by atoms with Crippen LogP contribution in [-0.4, -0.2) is 6.04 Å². The van der Waals surface area contributed by atoms with Crippen molar-refractivity contribution in [1.29, 1.82) is 0 Å². The van der Waals surface area contributed by atoms with Crippen molar-refractivity contribution in [3.8, 4) is 11.5 Å². The van der Waals surface area contributed by atoms with Gasteiger partial charge < -0.3 is 10.1 Å². The lowest BCUT2D eigenvalue weighted by atomic mass is 10.2. The molecule has 0 aromatic heterocycles. The Morgan fingerprint density at radius 3 is 2.58 bits per heavy atom. The minimum atomic E-state index is -0.320. The topological polar surface area (TPSA) is 21.3 Å². The van der Waals surface area contributed by atoms with Crippen LogP contribution in [-0.2, 0) is 6.54 Å². The summed E-state index contributed by atoms with van der Waals surface area (Å²) in [6, 6.07) is 15.0. The maximum Gasteiger partial charge on any atom is 0.166 e. The van der Waals surface area contributed by atoms with Gasteiger partial charge in [0.1, 0.15) is 5.75 Å². The van der Waals surface area contributed by atoms with Gasteiger partial charge in [0, 0.05) is 12.6 Å². The second kappa shape index (κ2) is 5.41. The predicted octanol–water partition coefficient (Wildman–Crippen LogP) is 3.87. The highest BCUT2D eigenvalue weighted by Crippen LogP contribution is 2.25. The third-order valence-corrected chi connectivity index (χ3v) is 3.14. The lowest BCUT2D eigenvalue weighted by Crippen LogP contribution is -2.15. The molecule has 19 heavy (non-hydrogen) atoms. The molecular weight excluding hydrogens is 241 g/mol. The molecule has 2 aromatic rings. The van der Waals surface area contributed by atoms with Crippen LogP contribution in [0.3, 0.4) is 0 Å². The zero-order valence-corrected chi connectivity index (χ0v) is 10.6. The number of halogens is 1. The Balaban J connectivity index is 1.68. The maximum absolute atomic E-state index is 13.9. The van der Waals surface area contributed by atoms with Crippen molar-refractivity contribution >= 4 is 0 Å². The summed E-state index contributed by atoms with van der Waals surface area (Å²) >= 11 is 0. The number of ether oxygens (including phenoxy) is 1. The summed E-state index contributed by atoms with van der Waals surface area (Å²) in [5.74, 6) is 0.588. The number of rotatable bonds is 5. The van der Waals surface area contributed by atoms with Gasteiger partial charge in [-0.25, -0.2) is 4.39 Å². The first kappa shape index (κ1) is 12.2. The van der Waals surface area contributed by atoms with Crippen LogP contribution in [0.1, 0.15) is 18.4 Å². The van der Waals surface area contributed by atoms with Crippen LogP contribution in [0.5, 0.6) is 11.5 Å². The summed E-state index contributed by atoms with van der Waals surface area (Å²) in [6.45, 7) is 0.715. The molecule has 0 amide bonds. The summed E-state index contributed by atoms with van der Waals surface area (Å²) in [5.41, 5.74) is 0.949. The van der Waals surface area contributed by atoms with Crippen molar-refractivity contribution in [3.63, 3.8) is 0 Å². The first-order valence-electron chi connectivity index (χ1n) is 6.56. The van der Waals surface area contributed by atoms with Gasteiger partial charge in [0.05, 0.1) is 0 Å². The van der Waals surface area contributed by atoms with Crippen LogP contribution in [0.4, 0.5) is 4.39 Å². The SMILES string of the molecule is Fc1cc(CNC2CC2)ccc1Oc1ccccc1. The van der Waals surface area contributed by atoms with Crippen molar-refractivity contribution in [3.05, 3.63) is 59.9 Å². The van der Waals surface area contributed by atoms with E-state index in [1.165, 1.54) is 18.9 Å². The van der Waals surface area contributed by atoms with E-state index < -0.39 is 0 Å². The molecule has 1 saturated carbocycles. The van der Waals surface area contributed by atoms with Crippen LogP contribution >= 0.6 is 0 Å². The number of para-hydroxylation sites is 1. The van der Waals surface area contributed by atoms with Crippen molar-refractivity contribution in [1.82, 2.24) is 5.32 Å². The highest BCUT2D eigenvalue weighted by molar-refractivity contribution is 5.34. The van der Waals surface area contributed by atoms with Gasteiger partial charge in [0.2, 0.25) is 0 Å². The van der Waals surface area contributed by atoms with E-state index in [0.29, 0.717) is 18.3 Å². The summed E-state index contributed by atoms with van der Waals surface area (Å²) < 4.78 is 19.4.